The Bertz CT molecular complexity index is 528. The van der Waals surface area contributed by atoms with Gasteiger partial charge in [-0.3, -0.25) is 4.79 Å². The second-order valence-electron chi connectivity index (χ2n) is 6.33. The van der Waals surface area contributed by atoms with Gasteiger partial charge in [0.25, 0.3) is 5.91 Å². The summed E-state index contributed by atoms with van der Waals surface area (Å²) in [4.78, 5) is 12.3. The van der Waals surface area contributed by atoms with Crippen LogP contribution in [0.25, 0.3) is 0 Å². The SMILES string of the molecule is Cc1cc(OC(C)(C)C(=O)NC[C@H]2CCCO2)cc(C)c1Cl. The van der Waals surface area contributed by atoms with Crippen molar-refractivity contribution in [1.29, 1.82) is 0 Å². The van der Waals surface area contributed by atoms with Crippen LogP contribution in [-0.4, -0.2) is 30.8 Å². The highest BCUT2D eigenvalue weighted by molar-refractivity contribution is 6.32. The van der Waals surface area contributed by atoms with E-state index in [0.717, 1.165) is 35.6 Å². The molecule has 4 nitrogen and oxygen atoms in total. The van der Waals surface area contributed by atoms with Gasteiger partial charge in [-0.1, -0.05) is 11.6 Å². The average molecular weight is 326 g/mol. The maximum atomic E-state index is 12.3. The largest absolute Gasteiger partial charge is 0.478 e. The maximum Gasteiger partial charge on any atom is 0.263 e. The second kappa shape index (κ2) is 6.88. The number of hydrogen-bond acceptors (Lipinski definition) is 3. The molecule has 2 rings (SSSR count). The van der Waals surface area contributed by atoms with E-state index in [9.17, 15) is 4.79 Å². The summed E-state index contributed by atoms with van der Waals surface area (Å²) in [5.74, 6) is 0.505. The normalized spacial score (nSPS) is 18.3. The molecule has 0 aromatic heterocycles. The molecule has 0 unspecified atom stereocenters. The Morgan fingerprint density at radius 3 is 2.59 bits per heavy atom. The van der Waals surface area contributed by atoms with Gasteiger partial charge >= 0.3 is 0 Å². The molecule has 1 amide bonds. The third kappa shape index (κ3) is 4.14. The highest BCUT2D eigenvalue weighted by atomic mass is 35.5. The van der Waals surface area contributed by atoms with Gasteiger partial charge in [0.1, 0.15) is 5.75 Å². The van der Waals surface area contributed by atoms with Crippen molar-refractivity contribution in [3.63, 3.8) is 0 Å². The van der Waals surface area contributed by atoms with Crippen molar-refractivity contribution in [1.82, 2.24) is 5.32 Å². The molecule has 1 heterocycles. The molecular weight excluding hydrogens is 302 g/mol. The summed E-state index contributed by atoms with van der Waals surface area (Å²) in [6.07, 6.45) is 2.18. The molecule has 1 N–H and O–H groups in total. The van der Waals surface area contributed by atoms with E-state index in [1.54, 1.807) is 13.8 Å². The number of benzene rings is 1. The first-order chi connectivity index (χ1) is 10.3. The smallest absolute Gasteiger partial charge is 0.263 e. The molecule has 0 aliphatic carbocycles. The number of hydrogen-bond donors (Lipinski definition) is 1. The standard InChI is InChI=1S/C17H24ClNO3/c1-11-8-14(9-12(2)15(11)18)22-17(3,4)16(20)19-10-13-6-5-7-21-13/h8-9,13H,5-7,10H2,1-4H3,(H,19,20)/t13-/m1/s1. The molecule has 1 saturated heterocycles. The molecule has 0 spiro atoms. The van der Waals surface area contributed by atoms with Crippen LogP contribution in [0.4, 0.5) is 0 Å². The topological polar surface area (TPSA) is 47.6 Å². The van der Waals surface area contributed by atoms with Crippen molar-refractivity contribution in [3.05, 3.63) is 28.3 Å². The van der Waals surface area contributed by atoms with Crippen molar-refractivity contribution >= 4 is 17.5 Å². The van der Waals surface area contributed by atoms with Gasteiger partial charge in [-0.15, -0.1) is 0 Å². The van der Waals surface area contributed by atoms with E-state index < -0.39 is 5.60 Å². The predicted octanol–water partition coefficient (Wildman–Crippen LogP) is 3.41. The highest BCUT2D eigenvalue weighted by Crippen LogP contribution is 2.28. The minimum absolute atomic E-state index is 0.125. The molecule has 1 fully saturated rings. The number of carbonyl (C=O) groups excluding carboxylic acids is 1. The van der Waals surface area contributed by atoms with Crippen molar-refractivity contribution in [3.8, 4) is 5.75 Å². The van der Waals surface area contributed by atoms with Crippen molar-refractivity contribution in [2.45, 2.75) is 52.2 Å². The van der Waals surface area contributed by atoms with Gasteiger partial charge in [0, 0.05) is 18.2 Å². The molecule has 0 radical (unpaired) electrons. The number of halogens is 1. The molecule has 0 saturated carbocycles. The Hall–Kier alpha value is -1.26. The maximum absolute atomic E-state index is 12.3. The lowest BCUT2D eigenvalue weighted by molar-refractivity contribution is -0.134. The molecule has 1 aromatic carbocycles. The van der Waals surface area contributed by atoms with Crippen LogP contribution >= 0.6 is 11.6 Å². The molecule has 22 heavy (non-hydrogen) atoms. The number of rotatable bonds is 5. The Morgan fingerprint density at radius 1 is 1.41 bits per heavy atom. The lowest BCUT2D eigenvalue weighted by Gasteiger charge is -2.26. The highest BCUT2D eigenvalue weighted by Gasteiger charge is 2.31. The molecule has 1 aliphatic heterocycles. The van der Waals surface area contributed by atoms with E-state index in [2.05, 4.69) is 5.32 Å². The van der Waals surface area contributed by atoms with Gasteiger partial charge in [-0.2, -0.15) is 0 Å². The third-order valence-corrected chi connectivity index (χ3v) is 4.44. The summed E-state index contributed by atoms with van der Waals surface area (Å²) < 4.78 is 11.4. The quantitative estimate of drug-likeness (QED) is 0.902. The lowest BCUT2D eigenvalue weighted by Crippen LogP contribution is -2.48. The lowest BCUT2D eigenvalue weighted by atomic mass is 10.1. The van der Waals surface area contributed by atoms with Crippen molar-refractivity contribution < 1.29 is 14.3 Å². The number of aryl methyl sites for hydroxylation is 2. The van der Waals surface area contributed by atoms with Crippen LogP contribution < -0.4 is 10.1 Å². The minimum atomic E-state index is -0.953. The monoisotopic (exact) mass is 325 g/mol. The fraction of sp³-hybridized carbons (Fsp3) is 0.588. The van der Waals surface area contributed by atoms with Gasteiger partial charge in [-0.05, 0) is 63.8 Å². The summed E-state index contributed by atoms with van der Waals surface area (Å²) >= 11 is 6.16. The van der Waals surface area contributed by atoms with Gasteiger partial charge in [0.05, 0.1) is 6.10 Å². The zero-order valence-electron chi connectivity index (χ0n) is 13.7. The van der Waals surface area contributed by atoms with Crippen LogP contribution in [0.1, 0.15) is 37.8 Å². The molecular formula is C17H24ClNO3. The molecule has 1 aromatic rings. The zero-order valence-corrected chi connectivity index (χ0v) is 14.4. The van der Waals surface area contributed by atoms with E-state index in [0.29, 0.717) is 12.3 Å². The summed E-state index contributed by atoms with van der Waals surface area (Å²) in [5.41, 5.74) is 0.921. The predicted molar refractivity (Wildman–Crippen MR) is 87.6 cm³/mol. The first-order valence-corrected chi connectivity index (χ1v) is 8.03. The number of nitrogens with one attached hydrogen (secondary N) is 1. The summed E-state index contributed by atoms with van der Waals surface area (Å²) in [6.45, 7) is 8.68. The summed E-state index contributed by atoms with van der Waals surface area (Å²) in [7, 11) is 0. The van der Waals surface area contributed by atoms with Gasteiger partial charge in [0.15, 0.2) is 5.60 Å². The van der Waals surface area contributed by atoms with Gasteiger partial charge in [-0.25, -0.2) is 0 Å². The number of ether oxygens (including phenoxy) is 2. The molecule has 0 bridgehead atoms. The fourth-order valence-electron chi connectivity index (χ4n) is 2.53. The van der Waals surface area contributed by atoms with E-state index in [-0.39, 0.29) is 12.0 Å². The van der Waals surface area contributed by atoms with Crippen LogP contribution in [0.5, 0.6) is 5.75 Å². The Morgan fingerprint density at radius 2 is 2.05 bits per heavy atom. The molecule has 1 aliphatic rings. The third-order valence-electron chi connectivity index (χ3n) is 3.84. The Balaban J connectivity index is 1.98. The van der Waals surface area contributed by atoms with E-state index >= 15 is 0 Å². The van der Waals surface area contributed by atoms with Crippen LogP contribution in [-0.2, 0) is 9.53 Å². The van der Waals surface area contributed by atoms with Gasteiger partial charge in [0.2, 0.25) is 0 Å². The molecule has 1 atom stereocenters. The first-order valence-electron chi connectivity index (χ1n) is 7.65. The summed E-state index contributed by atoms with van der Waals surface area (Å²) in [5, 5.41) is 3.64. The first kappa shape index (κ1) is 17.1. The fourth-order valence-corrected chi connectivity index (χ4v) is 2.64. The summed E-state index contributed by atoms with van der Waals surface area (Å²) in [6, 6.07) is 3.70. The van der Waals surface area contributed by atoms with Crippen LogP contribution in [0.2, 0.25) is 5.02 Å². The minimum Gasteiger partial charge on any atom is -0.478 e. The van der Waals surface area contributed by atoms with Crippen LogP contribution in [0.15, 0.2) is 12.1 Å². The van der Waals surface area contributed by atoms with Crippen molar-refractivity contribution in [2.24, 2.45) is 0 Å². The van der Waals surface area contributed by atoms with E-state index in [1.165, 1.54) is 0 Å². The zero-order chi connectivity index (χ0) is 16.3. The Kier molecular flexibility index (Phi) is 5.35. The van der Waals surface area contributed by atoms with E-state index in [4.69, 9.17) is 21.1 Å². The van der Waals surface area contributed by atoms with Crippen LogP contribution in [0.3, 0.4) is 0 Å². The second-order valence-corrected chi connectivity index (χ2v) is 6.71. The number of amides is 1. The van der Waals surface area contributed by atoms with Crippen LogP contribution in [0, 0.1) is 13.8 Å². The molecule has 122 valence electrons. The average Bonchev–Trinajstić information content (AvgIpc) is 2.94. The van der Waals surface area contributed by atoms with E-state index in [1.807, 2.05) is 26.0 Å². The van der Waals surface area contributed by atoms with Gasteiger partial charge < -0.3 is 14.8 Å². The Labute approximate surface area is 137 Å². The molecule has 5 heteroatoms. The number of carbonyl (C=O) groups is 1. The van der Waals surface area contributed by atoms with Crippen molar-refractivity contribution in [2.75, 3.05) is 13.2 Å².